The molecule has 3 amide bonds. The van der Waals surface area contributed by atoms with E-state index < -0.39 is 41.4 Å². The molecule has 0 aromatic heterocycles. The monoisotopic (exact) mass is 444 g/mol. The zero-order valence-electron chi connectivity index (χ0n) is 15.5. The van der Waals surface area contributed by atoms with Crippen molar-refractivity contribution >= 4 is 52.5 Å². The molecule has 0 radical (unpaired) electrons. The first-order valence-corrected chi connectivity index (χ1v) is 9.39. The van der Waals surface area contributed by atoms with Crippen LogP contribution in [0.4, 0.5) is 14.9 Å². The molecule has 158 valence electrons. The summed E-state index contributed by atoms with van der Waals surface area (Å²) in [6.07, 6.45) is 1.19. The average Bonchev–Trinajstić information content (AvgIpc) is 2.96. The molecule has 2 aromatic rings. The molecule has 1 aliphatic heterocycles. The second kappa shape index (κ2) is 8.79. The van der Waals surface area contributed by atoms with Crippen LogP contribution in [-0.2, 0) is 9.59 Å². The molecule has 1 fully saturated rings. The largest absolute Gasteiger partial charge is 0.478 e. The maximum absolute atomic E-state index is 13.8. The number of carboxylic acid groups (broad SMARTS) is 2. The van der Waals surface area contributed by atoms with Crippen LogP contribution in [0.5, 0.6) is 0 Å². The second-order valence-electron chi connectivity index (χ2n) is 6.21. The molecule has 1 heterocycles. The van der Waals surface area contributed by atoms with Gasteiger partial charge in [0, 0.05) is 5.56 Å². The summed E-state index contributed by atoms with van der Waals surface area (Å²) in [6.45, 7) is -0.740. The first-order valence-electron chi connectivity index (χ1n) is 8.57. The highest BCUT2D eigenvalue weighted by Crippen LogP contribution is 2.32. The van der Waals surface area contributed by atoms with Gasteiger partial charge in [0.2, 0.25) is 5.91 Å². The van der Waals surface area contributed by atoms with Gasteiger partial charge in [0.15, 0.2) is 0 Å². The van der Waals surface area contributed by atoms with Gasteiger partial charge in [-0.3, -0.25) is 19.3 Å². The van der Waals surface area contributed by atoms with Crippen molar-refractivity contribution in [2.75, 3.05) is 11.9 Å². The van der Waals surface area contributed by atoms with E-state index in [4.69, 9.17) is 5.11 Å². The Hall–Kier alpha value is -3.99. The fourth-order valence-electron chi connectivity index (χ4n) is 2.67. The Balaban J connectivity index is 1.78. The van der Waals surface area contributed by atoms with Crippen molar-refractivity contribution in [2.45, 2.75) is 0 Å². The number of hydrogen-bond acceptors (Lipinski definition) is 6. The van der Waals surface area contributed by atoms with E-state index in [1.807, 2.05) is 0 Å². The molecule has 1 saturated heterocycles. The van der Waals surface area contributed by atoms with Crippen LogP contribution in [-0.4, -0.2) is 50.6 Å². The van der Waals surface area contributed by atoms with Crippen LogP contribution in [0.3, 0.4) is 0 Å². The van der Waals surface area contributed by atoms with Gasteiger partial charge in [-0.25, -0.2) is 14.0 Å². The molecule has 0 spiro atoms. The number of aromatic carboxylic acids is 2. The summed E-state index contributed by atoms with van der Waals surface area (Å²) in [4.78, 5) is 59.9. The molecular formula is C20H13FN2O7S. The minimum Gasteiger partial charge on any atom is -0.478 e. The zero-order chi connectivity index (χ0) is 22.7. The second-order valence-corrected chi connectivity index (χ2v) is 7.20. The van der Waals surface area contributed by atoms with Crippen LogP contribution in [0.1, 0.15) is 26.3 Å². The number of nitrogens with zero attached hydrogens (tertiary/aromatic N) is 1. The number of carbonyl (C=O) groups excluding carboxylic acids is 3. The van der Waals surface area contributed by atoms with Gasteiger partial charge >= 0.3 is 11.9 Å². The quantitative estimate of drug-likeness (QED) is 0.578. The van der Waals surface area contributed by atoms with Gasteiger partial charge in [-0.15, -0.1) is 0 Å². The normalized spacial score (nSPS) is 14.7. The molecule has 3 N–H and O–H groups in total. The topological polar surface area (TPSA) is 141 Å². The number of nitrogens with one attached hydrogen (secondary N) is 1. The molecule has 2 aromatic carbocycles. The van der Waals surface area contributed by atoms with E-state index in [1.54, 1.807) is 6.07 Å². The van der Waals surface area contributed by atoms with Gasteiger partial charge in [-0.1, -0.05) is 18.2 Å². The first-order chi connectivity index (χ1) is 14.7. The lowest BCUT2D eigenvalue weighted by atomic mass is 10.1. The van der Waals surface area contributed by atoms with Gasteiger partial charge in [-0.2, -0.15) is 0 Å². The lowest BCUT2D eigenvalue weighted by Crippen LogP contribution is -2.36. The molecule has 0 bridgehead atoms. The summed E-state index contributed by atoms with van der Waals surface area (Å²) in [6, 6.07) is 8.65. The van der Waals surface area contributed by atoms with Gasteiger partial charge in [-0.05, 0) is 42.1 Å². The average molecular weight is 444 g/mol. The summed E-state index contributed by atoms with van der Waals surface area (Å²) in [7, 11) is 0. The fourth-order valence-corrected chi connectivity index (χ4v) is 3.50. The fraction of sp³-hybridized carbons (Fsp3) is 0.0500. The van der Waals surface area contributed by atoms with Crippen molar-refractivity contribution in [1.82, 2.24) is 4.90 Å². The van der Waals surface area contributed by atoms with Gasteiger partial charge < -0.3 is 15.5 Å². The van der Waals surface area contributed by atoms with Crippen LogP contribution in [0.25, 0.3) is 6.08 Å². The van der Waals surface area contributed by atoms with Crippen LogP contribution >= 0.6 is 11.8 Å². The number of benzene rings is 2. The number of amides is 3. The predicted molar refractivity (Wildman–Crippen MR) is 108 cm³/mol. The number of rotatable bonds is 6. The number of imide groups is 1. The van der Waals surface area contributed by atoms with E-state index >= 15 is 0 Å². The van der Waals surface area contributed by atoms with Crippen molar-refractivity contribution in [3.63, 3.8) is 0 Å². The Morgan fingerprint density at radius 2 is 1.77 bits per heavy atom. The molecule has 31 heavy (non-hydrogen) atoms. The number of carbonyl (C=O) groups is 5. The van der Waals surface area contributed by atoms with Crippen molar-refractivity contribution in [3.8, 4) is 0 Å². The molecule has 0 atom stereocenters. The van der Waals surface area contributed by atoms with E-state index in [0.29, 0.717) is 16.7 Å². The molecule has 3 rings (SSSR count). The SMILES string of the molecule is O=C(CN1C(=O)S/C(=C\c2ccccc2F)C1=O)Nc1cc(C(=O)O)ccc1C(=O)O. The Kier molecular flexibility index (Phi) is 6.16. The lowest BCUT2D eigenvalue weighted by molar-refractivity contribution is -0.127. The summed E-state index contributed by atoms with van der Waals surface area (Å²) in [5, 5.41) is 19.7. The third-order valence-electron chi connectivity index (χ3n) is 4.14. The number of thioether (sulfide) groups is 1. The highest BCUT2D eigenvalue weighted by Gasteiger charge is 2.36. The van der Waals surface area contributed by atoms with Crippen molar-refractivity contribution < 1.29 is 38.6 Å². The van der Waals surface area contributed by atoms with Crippen molar-refractivity contribution in [1.29, 1.82) is 0 Å². The summed E-state index contributed by atoms with van der Waals surface area (Å²) in [5.74, 6) is -5.07. The molecule has 9 nitrogen and oxygen atoms in total. The highest BCUT2D eigenvalue weighted by atomic mass is 32.2. The summed E-state index contributed by atoms with van der Waals surface area (Å²) < 4.78 is 13.8. The van der Waals surface area contributed by atoms with Gasteiger partial charge in [0.1, 0.15) is 12.4 Å². The van der Waals surface area contributed by atoms with E-state index in [-0.39, 0.29) is 27.3 Å². The molecule has 0 aliphatic carbocycles. The first kappa shape index (κ1) is 21.7. The number of anilines is 1. The Labute approximate surface area is 178 Å². The minimum atomic E-state index is -1.41. The minimum absolute atomic E-state index is 0.0815. The third-order valence-corrected chi connectivity index (χ3v) is 5.05. The van der Waals surface area contributed by atoms with Crippen LogP contribution < -0.4 is 5.32 Å². The van der Waals surface area contributed by atoms with E-state index in [1.165, 1.54) is 24.3 Å². The Morgan fingerprint density at radius 3 is 2.42 bits per heavy atom. The number of halogens is 1. The molecule has 0 saturated carbocycles. The number of hydrogen-bond donors (Lipinski definition) is 3. The Bertz CT molecular complexity index is 1160. The maximum Gasteiger partial charge on any atom is 0.337 e. The standard InChI is InChI=1S/C20H13FN2O7S/c21-13-4-2-1-3-10(13)8-15-17(25)23(20(30)31-15)9-16(24)22-14-7-11(18(26)27)5-6-12(14)19(28)29/h1-8H,9H2,(H,22,24)(H,26,27)(H,28,29)/b15-8-. The molecule has 1 aliphatic rings. The van der Waals surface area contributed by atoms with Crippen LogP contribution in [0, 0.1) is 5.82 Å². The Morgan fingerprint density at radius 1 is 1.06 bits per heavy atom. The number of carboxylic acids is 2. The van der Waals surface area contributed by atoms with Crippen molar-refractivity contribution in [3.05, 3.63) is 69.9 Å². The van der Waals surface area contributed by atoms with Crippen LogP contribution in [0.15, 0.2) is 47.4 Å². The lowest BCUT2D eigenvalue weighted by Gasteiger charge is -2.14. The van der Waals surface area contributed by atoms with Crippen LogP contribution in [0.2, 0.25) is 0 Å². The molecular weight excluding hydrogens is 431 g/mol. The zero-order valence-corrected chi connectivity index (χ0v) is 16.3. The van der Waals surface area contributed by atoms with Gasteiger partial charge in [0.25, 0.3) is 11.1 Å². The van der Waals surface area contributed by atoms with E-state index in [2.05, 4.69) is 5.32 Å². The van der Waals surface area contributed by atoms with Gasteiger partial charge in [0.05, 0.1) is 21.7 Å². The van der Waals surface area contributed by atoms with Crippen molar-refractivity contribution in [2.24, 2.45) is 0 Å². The molecule has 0 unspecified atom stereocenters. The smallest absolute Gasteiger partial charge is 0.337 e. The van der Waals surface area contributed by atoms with E-state index in [9.17, 15) is 33.5 Å². The van der Waals surface area contributed by atoms with E-state index in [0.717, 1.165) is 18.2 Å². The highest BCUT2D eigenvalue weighted by molar-refractivity contribution is 8.18. The predicted octanol–water partition coefficient (Wildman–Crippen LogP) is 2.90. The third kappa shape index (κ3) is 4.78. The maximum atomic E-state index is 13.8. The molecule has 11 heteroatoms. The summed E-state index contributed by atoms with van der Waals surface area (Å²) in [5.41, 5.74) is -0.841. The summed E-state index contributed by atoms with van der Waals surface area (Å²) >= 11 is 0.528.